The lowest BCUT2D eigenvalue weighted by Gasteiger charge is -2.23. The molecule has 0 aromatic heterocycles. The van der Waals surface area contributed by atoms with Crippen molar-refractivity contribution in [1.82, 2.24) is 5.32 Å². The predicted octanol–water partition coefficient (Wildman–Crippen LogP) is 2.95. The van der Waals surface area contributed by atoms with Crippen LogP contribution in [0.2, 0.25) is 0 Å². The highest BCUT2D eigenvalue weighted by Crippen LogP contribution is 2.39. The molecule has 1 atom stereocenters. The highest BCUT2D eigenvalue weighted by Gasteiger charge is 2.42. The number of nitrogens with zero attached hydrogens (tertiary/aromatic N) is 1. The Kier molecular flexibility index (Phi) is 6.02. The van der Waals surface area contributed by atoms with Gasteiger partial charge in [-0.1, -0.05) is 13.0 Å². The molecule has 1 aliphatic carbocycles. The normalized spacial score (nSPS) is 15.6. The summed E-state index contributed by atoms with van der Waals surface area (Å²) in [5.41, 5.74) is 1.62. The zero-order valence-electron chi connectivity index (χ0n) is 15.1. The maximum absolute atomic E-state index is 12.2. The third-order valence-electron chi connectivity index (χ3n) is 4.55. The molecular formula is C19H26N4O2. The van der Waals surface area contributed by atoms with Crippen LogP contribution in [0, 0.1) is 24.2 Å². The van der Waals surface area contributed by atoms with Crippen LogP contribution in [-0.4, -0.2) is 23.9 Å². The molecule has 1 fully saturated rings. The van der Waals surface area contributed by atoms with Crippen LogP contribution < -0.4 is 16.0 Å². The summed E-state index contributed by atoms with van der Waals surface area (Å²) in [4.78, 5) is 24.0. The molecule has 25 heavy (non-hydrogen) atoms. The van der Waals surface area contributed by atoms with Crippen LogP contribution in [-0.2, 0) is 9.59 Å². The lowest BCUT2D eigenvalue weighted by atomic mass is 9.98. The van der Waals surface area contributed by atoms with Gasteiger partial charge in [0.1, 0.15) is 5.54 Å². The molecule has 2 amide bonds. The van der Waals surface area contributed by atoms with Gasteiger partial charge in [0.2, 0.25) is 11.8 Å². The van der Waals surface area contributed by atoms with E-state index in [1.54, 1.807) is 6.92 Å². The lowest BCUT2D eigenvalue weighted by molar-refractivity contribution is -0.120. The number of carbonyl (C=O) groups is 2. The highest BCUT2D eigenvalue weighted by atomic mass is 16.2. The summed E-state index contributed by atoms with van der Waals surface area (Å²) < 4.78 is 0. The topological polar surface area (TPSA) is 94.0 Å². The van der Waals surface area contributed by atoms with E-state index in [1.165, 1.54) is 0 Å². The average Bonchev–Trinajstić information content (AvgIpc) is 3.41. The molecule has 1 saturated carbocycles. The molecule has 0 saturated heterocycles. The van der Waals surface area contributed by atoms with E-state index in [2.05, 4.69) is 22.0 Å². The maximum atomic E-state index is 12.2. The second-order valence-corrected chi connectivity index (χ2v) is 6.77. The molecule has 0 spiro atoms. The fraction of sp³-hybridized carbons (Fsp3) is 0.526. The monoisotopic (exact) mass is 342 g/mol. The fourth-order valence-corrected chi connectivity index (χ4v) is 2.79. The van der Waals surface area contributed by atoms with Crippen molar-refractivity contribution in [3.05, 3.63) is 23.8 Å². The second kappa shape index (κ2) is 8.02. The minimum absolute atomic E-state index is 0.0188. The van der Waals surface area contributed by atoms with Crippen molar-refractivity contribution in [2.24, 2.45) is 5.92 Å². The van der Waals surface area contributed by atoms with Crippen molar-refractivity contribution in [2.45, 2.75) is 52.0 Å². The Labute approximate surface area is 149 Å². The van der Waals surface area contributed by atoms with E-state index in [0.717, 1.165) is 36.2 Å². The zero-order chi connectivity index (χ0) is 18.4. The molecule has 0 aliphatic heterocycles. The molecule has 134 valence electrons. The van der Waals surface area contributed by atoms with Crippen molar-refractivity contribution in [3.8, 4) is 6.07 Å². The Morgan fingerprint density at radius 3 is 2.56 bits per heavy atom. The van der Waals surface area contributed by atoms with Crippen LogP contribution in [0.25, 0.3) is 0 Å². The number of nitriles is 1. The summed E-state index contributed by atoms with van der Waals surface area (Å²) in [6.07, 6.45) is 3.24. The molecule has 0 radical (unpaired) electrons. The molecule has 0 heterocycles. The number of hydrogen-bond donors (Lipinski definition) is 3. The Morgan fingerprint density at radius 2 is 1.96 bits per heavy atom. The number of benzene rings is 1. The molecule has 1 aliphatic rings. The van der Waals surface area contributed by atoms with E-state index in [-0.39, 0.29) is 24.3 Å². The van der Waals surface area contributed by atoms with Crippen LogP contribution in [0.4, 0.5) is 11.4 Å². The van der Waals surface area contributed by atoms with Gasteiger partial charge >= 0.3 is 0 Å². The number of nitrogens with one attached hydrogen (secondary N) is 3. The summed E-state index contributed by atoms with van der Waals surface area (Å²) in [6, 6.07) is 7.75. The Hall–Kier alpha value is -2.55. The van der Waals surface area contributed by atoms with E-state index < -0.39 is 5.54 Å². The minimum atomic E-state index is -0.788. The summed E-state index contributed by atoms with van der Waals surface area (Å²) in [5, 5.41) is 18.1. The van der Waals surface area contributed by atoms with Gasteiger partial charge in [0.25, 0.3) is 0 Å². The Morgan fingerprint density at radius 1 is 1.28 bits per heavy atom. The molecule has 1 unspecified atom stereocenters. The van der Waals surface area contributed by atoms with E-state index in [1.807, 2.05) is 32.0 Å². The van der Waals surface area contributed by atoms with Gasteiger partial charge in [0.15, 0.2) is 0 Å². The molecule has 6 heteroatoms. The first-order valence-electron chi connectivity index (χ1n) is 8.75. The summed E-state index contributed by atoms with van der Waals surface area (Å²) >= 11 is 0. The second-order valence-electron chi connectivity index (χ2n) is 6.77. The predicted molar refractivity (Wildman–Crippen MR) is 98.1 cm³/mol. The van der Waals surface area contributed by atoms with Gasteiger partial charge in [-0.2, -0.15) is 5.26 Å². The largest absolute Gasteiger partial charge is 0.376 e. The Balaban J connectivity index is 1.95. The van der Waals surface area contributed by atoms with Crippen LogP contribution in [0.15, 0.2) is 18.2 Å². The van der Waals surface area contributed by atoms with Gasteiger partial charge in [-0.25, -0.2) is 0 Å². The van der Waals surface area contributed by atoms with Gasteiger partial charge in [0, 0.05) is 17.8 Å². The molecule has 3 N–H and O–H groups in total. The molecule has 0 bridgehead atoms. The number of hydrogen-bond acceptors (Lipinski definition) is 4. The molecule has 1 aromatic carbocycles. The van der Waals surface area contributed by atoms with E-state index >= 15 is 0 Å². The Bertz CT molecular complexity index is 691. The van der Waals surface area contributed by atoms with Crippen LogP contribution in [0.5, 0.6) is 0 Å². The van der Waals surface area contributed by atoms with Crippen molar-refractivity contribution >= 4 is 23.2 Å². The molecule has 6 nitrogen and oxygen atoms in total. The quantitative estimate of drug-likeness (QED) is 0.677. The SMILES string of the molecule is CCCC(=O)Nc1cccc(NCC(=O)NC(C)(C#N)C2CC2)c1C. The highest BCUT2D eigenvalue weighted by molar-refractivity contribution is 5.92. The van der Waals surface area contributed by atoms with Gasteiger partial charge in [-0.15, -0.1) is 0 Å². The first-order valence-corrected chi connectivity index (χ1v) is 8.75. The first-order chi connectivity index (χ1) is 11.9. The van der Waals surface area contributed by atoms with Gasteiger partial charge in [0.05, 0.1) is 12.6 Å². The van der Waals surface area contributed by atoms with Crippen molar-refractivity contribution < 1.29 is 9.59 Å². The molecule has 2 rings (SSSR count). The summed E-state index contributed by atoms with van der Waals surface area (Å²) in [7, 11) is 0. The zero-order valence-corrected chi connectivity index (χ0v) is 15.1. The number of anilines is 2. The molecule has 1 aromatic rings. The van der Waals surface area contributed by atoms with Gasteiger partial charge in [-0.05, 0) is 56.7 Å². The van der Waals surface area contributed by atoms with Crippen molar-refractivity contribution in [2.75, 3.05) is 17.2 Å². The smallest absolute Gasteiger partial charge is 0.240 e. The third kappa shape index (κ3) is 4.96. The van der Waals surface area contributed by atoms with E-state index in [4.69, 9.17) is 0 Å². The fourth-order valence-electron chi connectivity index (χ4n) is 2.79. The third-order valence-corrected chi connectivity index (χ3v) is 4.55. The average molecular weight is 342 g/mol. The summed E-state index contributed by atoms with van der Waals surface area (Å²) in [6.45, 7) is 5.71. The lowest BCUT2D eigenvalue weighted by Crippen LogP contribution is -2.48. The standard InChI is InChI=1S/C19H26N4O2/c1-4-6-17(24)22-16-8-5-7-15(13(16)2)21-11-18(25)23-19(3,12-20)14-9-10-14/h5,7-8,14,21H,4,6,9-11H2,1-3H3,(H,22,24)(H,23,25). The minimum Gasteiger partial charge on any atom is -0.376 e. The van der Waals surface area contributed by atoms with E-state index in [0.29, 0.717) is 6.42 Å². The number of rotatable bonds is 8. The van der Waals surface area contributed by atoms with Gasteiger partial charge < -0.3 is 16.0 Å². The maximum Gasteiger partial charge on any atom is 0.240 e. The van der Waals surface area contributed by atoms with Crippen molar-refractivity contribution in [1.29, 1.82) is 5.26 Å². The number of carbonyl (C=O) groups excluding carboxylic acids is 2. The molecular weight excluding hydrogens is 316 g/mol. The van der Waals surface area contributed by atoms with E-state index in [9.17, 15) is 14.9 Å². The van der Waals surface area contributed by atoms with Crippen molar-refractivity contribution in [3.63, 3.8) is 0 Å². The van der Waals surface area contributed by atoms with Crippen LogP contribution in [0.3, 0.4) is 0 Å². The van der Waals surface area contributed by atoms with Crippen LogP contribution >= 0.6 is 0 Å². The van der Waals surface area contributed by atoms with Gasteiger partial charge in [-0.3, -0.25) is 9.59 Å². The first kappa shape index (κ1) is 18.8. The number of amides is 2. The van der Waals surface area contributed by atoms with Crippen LogP contribution in [0.1, 0.15) is 45.1 Å². The summed E-state index contributed by atoms with van der Waals surface area (Å²) in [5.74, 6) is 0.0192.